The van der Waals surface area contributed by atoms with Crippen molar-refractivity contribution in [3.05, 3.63) is 63.2 Å². The highest BCUT2D eigenvalue weighted by atomic mass is 16.6. The van der Waals surface area contributed by atoms with E-state index in [4.69, 9.17) is 4.74 Å². The minimum atomic E-state index is -0.421. The molecule has 0 fully saturated rings. The van der Waals surface area contributed by atoms with Crippen molar-refractivity contribution >= 4 is 11.5 Å². The minimum absolute atomic E-state index is 0.0553. The fourth-order valence-corrected chi connectivity index (χ4v) is 2.05. The Morgan fingerprint density at radius 2 is 1.76 bits per heavy atom. The van der Waals surface area contributed by atoms with Crippen LogP contribution in [0.25, 0.3) is 0 Å². The van der Waals surface area contributed by atoms with Crippen LogP contribution in [0.15, 0.2) is 36.4 Å². The number of rotatable bonds is 4. The van der Waals surface area contributed by atoms with E-state index in [1.54, 1.807) is 44.2 Å². The third kappa shape index (κ3) is 3.08. The van der Waals surface area contributed by atoms with Gasteiger partial charge in [-0.3, -0.25) is 14.9 Å². The molecule has 0 aliphatic heterocycles. The van der Waals surface area contributed by atoms with Crippen LogP contribution in [-0.2, 0) is 0 Å². The lowest BCUT2D eigenvalue weighted by molar-refractivity contribution is -0.385. The summed E-state index contributed by atoms with van der Waals surface area (Å²) in [6.07, 6.45) is 0. The fourth-order valence-electron chi connectivity index (χ4n) is 2.05. The van der Waals surface area contributed by atoms with Crippen molar-refractivity contribution in [3.63, 3.8) is 0 Å². The topological polar surface area (TPSA) is 69.4 Å². The highest BCUT2D eigenvalue weighted by molar-refractivity contribution is 5.96. The number of hydrogen-bond donors (Lipinski definition) is 0. The summed E-state index contributed by atoms with van der Waals surface area (Å²) in [6.45, 7) is 4.86. The molecule has 0 bridgehead atoms. The largest absolute Gasteiger partial charge is 0.456 e. The van der Waals surface area contributed by atoms with Crippen molar-refractivity contribution in [1.82, 2.24) is 0 Å². The summed E-state index contributed by atoms with van der Waals surface area (Å²) >= 11 is 0. The molecule has 0 N–H and O–H groups in total. The van der Waals surface area contributed by atoms with Gasteiger partial charge in [-0.15, -0.1) is 0 Å². The number of para-hydroxylation sites is 1. The predicted octanol–water partition coefficient (Wildman–Crippen LogP) is 4.21. The monoisotopic (exact) mass is 285 g/mol. The second kappa shape index (κ2) is 5.75. The molecule has 21 heavy (non-hydrogen) atoms. The summed E-state index contributed by atoms with van der Waals surface area (Å²) in [7, 11) is 0. The Hall–Kier alpha value is -2.69. The molecule has 0 atom stereocenters. The van der Waals surface area contributed by atoms with Gasteiger partial charge in [-0.05, 0) is 44.5 Å². The molecule has 0 amide bonds. The SMILES string of the molecule is CC(=O)c1ccccc1Oc1cc(C)c([N+](=O)[O-])cc1C. The second-order valence-corrected chi connectivity index (χ2v) is 4.82. The Morgan fingerprint density at radius 3 is 2.38 bits per heavy atom. The molecule has 5 nitrogen and oxygen atoms in total. The van der Waals surface area contributed by atoms with Crippen molar-refractivity contribution in [2.75, 3.05) is 0 Å². The molecule has 0 aliphatic carbocycles. The number of ether oxygens (including phenoxy) is 1. The third-order valence-corrected chi connectivity index (χ3v) is 3.18. The molecular formula is C16H15NO4. The Labute approximate surface area is 122 Å². The Kier molecular flexibility index (Phi) is 4.03. The molecule has 0 unspecified atom stereocenters. The number of ketones is 1. The Morgan fingerprint density at radius 1 is 1.10 bits per heavy atom. The van der Waals surface area contributed by atoms with Crippen LogP contribution >= 0.6 is 0 Å². The molecule has 2 rings (SSSR count). The normalized spacial score (nSPS) is 10.2. The van der Waals surface area contributed by atoms with Crippen LogP contribution in [0.1, 0.15) is 28.4 Å². The van der Waals surface area contributed by atoms with Gasteiger partial charge in [-0.1, -0.05) is 12.1 Å². The number of aryl methyl sites for hydroxylation is 2. The van der Waals surface area contributed by atoms with Crippen LogP contribution in [0, 0.1) is 24.0 Å². The molecule has 0 saturated carbocycles. The molecule has 2 aromatic carbocycles. The van der Waals surface area contributed by atoms with E-state index in [-0.39, 0.29) is 11.5 Å². The quantitative estimate of drug-likeness (QED) is 0.479. The average molecular weight is 285 g/mol. The van der Waals surface area contributed by atoms with Crippen LogP contribution < -0.4 is 4.74 Å². The standard InChI is InChI=1S/C16H15NO4/c1-10-9-16(11(2)8-14(10)17(19)20)21-15-7-5-4-6-13(15)12(3)18/h4-9H,1-3H3. The maximum absolute atomic E-state index is 11.6. The second-order valence-electron chi connectivity index (χ2n) is 4.82. The summed E-state index contributed by atoms with van der Waals surface area (Å²) in [5.74, 6) is 0.857. The number of nitrogens with zero attached hydrogens (tertiary/aromatic N) is 1. The number of benzene rings is 2. The molecule has 0 aromatic heterocycles. The first kappa shape index (κ1) is 14.7. The van der Waals surface area contributed by atoms with E-state index in [1.165, 1.54) is 13.0 Å². The molecule has 5 heteroatoms. The van der Waals surface area contributed by atoms with Gasteiger partial charge in [-0.2, -0.15) is 0 Å². The van der Waals surface area contributed by atoms with Gasteiger partial charge in [-0.25, -0.2) is 0 Å². The van der Waals surface area contributed by atoms with E-state index in [9.17, 15) is 14.9 Å². The predicted molar refractivity (Wildman–Crippen MR) is 79.1 cm³/mol. The lowest BCUT2D eigenvalue weighted by atomic mass is 10.1. The number of nitro groups is 1. The van der Waals surface area contributed by atoms with Crippen molar-refractivity contribution in [2.24, 2.45) is 0 Å². The van der Waals surface area contributed by atoms with Crippen molar-refractivity contribution in [1.29, 1.82) is 0 Å². The van der Waals surface area contributed by atoms with Gasteiger partial charge < -0.3 is 4.74 Å². The summed E-state index contributed by atoms with van der Waals surface area (Å²) in [5.41, 5.74) is 1.69. The molecule has 0 aliphatic rings. The number of Topliss-reactive ketones (excluding diaryl/α,β-unsaturated/α-hetero) is 1. The van der Waals surface area contributed by atoms with E-state index < -0.39 is 4.92 Å². The van der Waals surface area contributed by atoms with Crippen molar-refractivity contribution < 1.29 is 14.5 Å². The van der Waals surface area contributed by atoms with E-state index in [2.05, 4.69) is 0 Å². The van der Waals surface area contributed by atoms with E-state index >= 15 is 0 Å². The first-order valence-electron chi connectivity index (χ1n) is 6.43. The van der Waals surface area contributed by atoms with Crippen molar-refractivity contribution in [2.45, 2.75) is 20.8 Å². The Bertz CT molecular complexity index is 722. The number of carbonyl (C=O) groups excluding carboxylic acids is 1. The van der Waals surface area contributed by atoms with E-state index in [0.717, 1.165) is 0 Å². The van der Waals surface area contributed by atoms with Gasteiger partial charge in [0.15, 0.2) is 5.78 Å². The molecule has 0 spiro atoms. The molecule has 0 heterocycles. The van der Waals surface area contributed by atoms with Gasteiger partial charge >= 0.3 is 0 Å². The minimum Gasteiger partial charge on any atom is -0.456 e. The van der Waals surface area contributed by atoms with Gasteiger partial charge in [0.2, 0.25) is 0 Å². The summed E-state index contributed by atoms with van der Waals surface area (Å²) in [5, 5.41) is 10.9. The zero-order valence-electron chi connectivity index (χ0n) is 12.0. The van der Waals surface area contributed by atoms with Crippen LogP contribution in [0.3, 0.4) is 0 Å². The molecular weight excluding hydrogens is 270 g/mol. The number of hydrogen-bond acceptors (Lipinski definition) is 4. The molecule has 0 saturated heterocycles. The highest BCUT2D eigenvalue weighted by Gasteiger charge is 2.16. The summed E-state index contributed by atoms with van der Waals surface area (Å²) in [4.78, 5) is 22.1. The van der Waals surface area contributed by atoms with Crippen LogP contribution in [0.4, 0.5) is 5.69 Å². The first-order chi connectivity index (χ1) is 9.90. The zero-order chi connectivity index (χ0) is 15.6. The van der Waals surface area contributed by atoms with Crippen LogP contribution in [0.5, 0.6) is 11.5 Å². The summed E-state index contributed by atoms with van der Waals surface area (Å²) < 4.78 is 5.77. The van der Waals surface area contributed by atoms with Gasteiger partial charge in [0.25, 0.3) is 5.69 Å². The van der Waals surface area contributed by atoms with Crippen molar-refractivity contribution in [3.8, 4) is 11.5 Å². The lowest BCUT2D eigenvalue weighted by Gasteiger charge is -2.12. The fraction of sp³-hybridized carbons (Fsp3) is 0.188. The zero-order valence-corrected chi connectivity index (χ0v) is 12.0. The molecule has 0 radical (unpaired) electrons. The smallest absolute Gasteiger partial charge is 0.272 e. The molecule has 108 valence electrons. The van der Waals surface area contributed by atoms with Crippen LogP contribution in [0.2, 0.25) is 0 Å². The number of carbonyl (C=O) groups is 1. The van der Waals surface area contributed by atoms with Gasteiger partial charge in [0.1, 0.15) is 11.5 Å². The van der Waals surface area contributed by atoms with E-state index in [1.807, 2.05) is 0 Å². The average Bonchev–Trinajstić information content (AvgIpc) is 2.42. The third-order valence-electron chi connectivity index (χ3n) is 3.18. The van der Waals surface area contributed by atoms with Gasteiger partial charge in [0.05, 0.1) is 10.5 Å². The van der Waals surface area contributed by atoms with Gasteiger partial charge in [0, 0.05) is 11.6 Å². The Balaban J connectivity index is 2.44. The lowest BCUT2D eigenvalue weighted by Crippen LogP contribution is -1.99. The first-order valence-corrected chi connectivity index (χ1v) is 6.43. The summed E-state index contributed by atoms with van der Waals surface area (Å²) in [6, 6.07) is 10.0. The van der Waals surface area contributed by atoms with E-state index in [0.29, 0.717) is 28.2 Å². The maximum Gasteiger partial charge on any atom is 0.272 e. The molecule has 2 aromatic rings. The number of nitro benzene ring substituents is 1. The van der Waals surface area contributed by atoms with Crippen LogP contribution in [-0.4, -0.2) is 10.7 Å². The maximum atomic E-state index is 11.6. The highest BCUT2D eigenvalue weighted by Crippen LogP contribution is 2.32.